The van der Waals surface area contributed by atoms with Crippen LogP contribution < -0.4 is 4.72 Å². The number of thiophene rings is 1. The molecule has 2 aromatic rings. The molecule has 0 aliphatic heterocycles. The molecule has 0 aliphatic carbocycles. The molecule has 106 valence electrons. The molecule has 2 heterocycles. The zero-order chi connectivity index (χ0) is 14.8. The summed E-state index contributed by atoms with van der Waals surface area (Å²) >= 11 is 1.18. The molecule has 0 aliphatic rings. The number of anilines is 1. The number of hydrogen-bond acceptors (Lipinski definition) is 5. The van der Waals surface area contributed by atoms with Gasteiger partial charge >= 0.3 is 5.97 Å². The van der Waals surface area contributed by atoms with Crippen LogP contribution in [0.4, 0.5) is 5.82 Å². The van der Waals surface area contributed by atoms with Gasteiger partial charge in [-0.2, -0.15) is 0 Å². The van der Waals surface area contributed by atoms with E-state index in [2.05, 4.69) is 9.71 Å². The number of carboxylic acids is 1. The number of carboxylic acid groups (broad SMARTS) is 1. The van der Waals surface area contributed by atoms with Gasteiger partial charge in [-0.1, -0.05) is 13.0 Å². The van der Waals surface area contributed by atoms with Crippen molar-refractivity contribution < 1.29 is 18.3 Å². The van der Waals surface area contributed by atoms with Crippen LogP contribution in [0.2, 0.25) is 0 Å². The van der Waals surface area contributed by atoms with Gasteiger partial charge in [-0.15, -0.1) is 11.3 Å². The van der Waals surface area contributed by atoms with E-state index in [-0.39, 0.29) is 15.7 Å². The van der Waals surface area contributed by atoms with E-state index in [4.69, 9.17) is 5.11 Å². The van der Waals surface area contributed by atoms with Crippen molar-refractivity contribution in [3.63, 3.8) is 0 Å². The number of pyridine rings is 1. The molecule has 2 aromatic heterocycles. The maximum Gasteiger partial charge on any atom is 0.354 e. The van der Waals surface area contributed by atoms with Crippen molar-refractivity contribution in [2.45, 2.75) is 17.6 Å². The van der Waals surface area contributed by atoms with Crippen molar-refractivity contribution in [1.29, 1.82) is 0 Å². The molecule has 0 aromatic carbocycles. The summed E-state index contributed by atoms with van der Waals surface area (Å²) in [5, 5.41) is 8.82. The van der Waals surface area contributed by atoms with Gasteiger partial charge < -0.3 is 5.11 Å². The number of aryl methyl sites for hydroxylation is 1. The van der Waals surface area contributed by atoms with E-state index in [0.29, 0.717) is 0 Å². The number of aromatic nitrogens is 1. The fourth-order valence-corrected chi connectivity index (χ4v) is 3.79. The lowest BCUT2D eigenvalue weighted by molar-refractivity contribution is 0.0690. The lowest BCUT2D eigenvalue weighted by atomic mass is 10.3. The predicted molar refractivity (Wildman–Crippen MR) is 75.7 cm³/mol. The van der Waals surface area contributed by atoms with E-state index >= 15 is 0 Å². The molecule has 2 N–H and O–H groups in total. The summed E-state index contributed by atoms with van der Waals surface area (Å²) in [6, 6.07) is 7.40. The predicted octanol–water partition coefficient (Wildman–Crippen LogP) is 2.20. The third-order valence-electron chi connectivity index (χ3n) is 2.46. The lowest BCUT2D eigenvalue weighted by Crippen LogP contribution is -2.13. The summed E-state index contributed by atoms with van der Waals surface area (Å²) in [7, 11) is -3.73. The Morgan fingerprint density at radius 2 is 2.10 bits per heavy atom. The number of hydrogen-bond donors (Lipinski definition) is 2. The van der Waals surface area contributed by atoms with Crippen LogP contribution in [0, 0.1) is 0 Å². The van der Waals surface area contributed by atoms with Crippen molar-refractivity contribution in [3.8, 4) is 0 Å². The first-order valence-electron chi connectivity index (χ1n) is 5.74. The molecular formula is C12H12N2O4S2. The normalized spacial score (nSPS) is 11.2. The van der Waals surface area contributed by atoms with E-state index in [1.165, 1.54) is 35.6 Å². The second-order valence-corrected chi connectivity index (χ2v) is 6.97. The zero-order valence-corrected chi connectivity index (χ0v) is 12.2. The van der Waals surface area contributed by atoms with Crippen LogP contribution in [-0.2, 0) is 16.4 Å². The van der Waals surface area contributed by atoms with Crippen LogP contribution in [0.25, 0.3) is 0 Å². The van der Waals surface area contributed by atoms with Gasteiger partial charge in [0.1, 0.15) is 10.0 Å². The van der Waals surface area contributed by atoms with Crippen LogP contribution in [0.3, 0.4) is 0 Å². The fraction of sp³-hybridized carbons (Fsp3) is 0.167. The van der Waals surface area contributed by atoms with Gasteiger partial charge in [-0.05, 0) is 30.7 Å². The largest absolute Gasteiger partial charge is 0.477 e. The van der Waals surface area contributed by atoms with Crippen LogP contribution in [-0.4, -0.2) is 24.5 Å². The Hall–Kier alpha value is -1.93. The van der Waals surface area contributed by atoms with E-state index in [0.717, 1.165) is 11.3 Å². The highest BCUT2D eigenvalue weighted by atomic mass is 32.2. The van der Waals surface area contributed by atoms with Crippen molar-refractivity contribution in [1.82, 2.24) is 4.98 Å². The standard InChI is InChI=1S/C12H12N2O4S2/c1-2-8-6-7-11(19-8)20(17,18)14-10-5-3-4-9(13-10)12(15)16/h3-7H,2H2,1H3,(H,13,14)(H,15,16). The minimum absolute atomic E-state index is 0.0173. The SMILES string of the molecule is CCc1ccc(S(=O)(=O)Nc2cccc(C(=O)O)n2)s1. The number of nitrogens with zero attached hydrogens (tertiary/aromatic N) is 1. The molecule has 0 amide bonds. The Bertz CT molecular complexity index is 737. The van der Waals surface area contributed by atoms with E-state index in [1.54, 1.807) is 6.07 Å². The Morgan fingerprint density at radius 3 is 2.70 bits per heavy atom. The second-order valence-electron chi connectivity index (χ2n) is 3.89. The molecule has 20 heavy (non-hydrogen) atoms. The zero-order valence-electron chi connectivity index (χ0n) is 10.5. The number of rotatable bonds is 5. The molecular weight excluding hydrogens is 300 g/mol. The Kier molecular flexibility index (Phi) is 4.05. The first-order chi connectivity index (χ1) is 9.42. The summed E-state index contributed by atoms with van der Waals surface area (Å²) in [4.78, 5) is 15.5. The Morgan fingerprint density at radius 1 is 1.35 bits per heavy atom. The van der Waals surface area contributed by atoms with Gasteiger partial charge in [0.05, 0.1) is 0 Å². The van der Waals surface area contributed by atoms with Gasteiger partial charge in [0.2, 0.25) is 0 Å². The molecule has 0 fully saturated rings. The Labute approximate surface area is 120 Å². The summed E-state index contributed by atoms with van der Waals surface area (Å²) in [6.07, 6.45) is 0.757. The number of carbonyl (C=O) groups is 1. The van der Waals surface area contributed by atoms with Gasteiger partial charge in [0.25, 0.3) is 10.0 Å². The summed E-state index contributed by atoms with van der Waals surface area (Å²) in [6.45, 7) is 1.94. The smallest absolute Gasteiger partial charge is 0.354 e. The van der Waals surface area contributed by atoms with Crippen LogP contribution in [0.5, 0.6) is 0 Å². The van der Waals surface area contributed by atoms with Gasteiger partial charge in [0.15, 0.2) is 5.69 Å². The fourth-order valence-electron chi connectivity index (χ4n) is 1.49. The molecule has 0 spiro atoms. The maximum absolute atomic E-state index is 12.1. The van der Waals surface area contributed by atoms with Crippen LogP contribution in [0.1, 0.15) is 22.3 Å². The summed E-state index contributed by atoms with van der Waals surface area (Å²) in [5.74, 6) is -1.23. The number of nitrogens with one attached hydrogen (secondary N) is 1. The highest BCUT2D eigenvalue weighted by Crippen LogP contribution is 2.23. The van der Waals surface area contributed by atoms with Gasteiger partial charge in [-0.3, -0.25) is 4.72 Å². The van der Waals surface area contributed by atoms with Crippen molar-refractivity contribution in [3.05, 3.63) is 40.9 Å². The monoisotopic (exact) mass is 312 g/mol. The molecule has 0 saturated heterocycles. The highest BCUT2D eigenvalue weighted by Gasteiger charge is 2.18. The first kappa shape index (κ1) is 14.5. The maximum atomic E-state index is 12.1. The molecule has 0 unspecified atom stereocenters. The average Bonchev–Trinajstić information content (AvgIpc) is 2.88. The molecule has 0 atom stereocenters. The van der Waals surface area contributed by atoms with Crippen molar-refractivity contribution >= 4 is 33.1 Å². The number of sulfonamides is 1. The van der Waals surface area contributed by atoms with Crippen LogP contribution in [0.15, 0.2) is 34.5 Å². The third-order valence-corrected chi connectivity index (χ3v) is 5.53. The van der Waals surface area contributed by atoms with E-state index < -0.39 is 16.0 Å². The number of aromatic carboxylic acids is 1. The van der Waals surface area contributed by atoms with Crippen LogP contribution >= 0.6 is 11.3 Å². The van der Waals surface area contributed by atoms with Gasteiger partial charge in [0, 0.05) is 4.88 Å². The van der Waals surface area contributed by atoms with Crippen molar-refractivity contribution in [2.75, 3.05) is 4.72 Å². The van der Waals surface area contributed by atoms with Crippen molar-refractivity contribution in [2.24, 2.45) is 0 Å². The third kappa shape index (κ3) is 3.14. The minimum atomic E-state index is -3.73. The summed E-state index contributed by atoms with van der Waals surface area (Å²) in [5.41, 5.74) is -0.217. The Balaban J connectivity index is 2.28. The molecule has 6 nitrogen and oxygen atoms in total. The molecule has 0 saturated carbocycles. The second kappa shape index (κ2) is 5.59. The first-order valence-corrected chi connectivity index (χ1v) is 8.04. The van der Waals surface area contributed by atoms with Gasteiger partial charge in [-0.25, -0.2) is 18.2 Å². The molecule has 8 heteroatoms. The van der Waals surface area contributed by atoms with E-state index in [1.807, 2.05) is 6.92 Å². The highest BCUT2D eigenvalue weighted by molar-refractivity contribution is 7.94. The quantitative estimate of drug-likeness (QED) is 0.882. The molecule has 0 radical (unpaired) electrons. The topological polar surface area (TPSA) is 96.4 Å². The minimum Gasteiger partial charge on any atom is -0.477 e. The summed E-state index contributed by atoms with van der Waals surface area (Å²) < 4.78 is 26.7. The lowest BCUT2D eigenvalue weighted by Gasteiger charge is -2.05. The molecule has 0 bridgehead atoms. The molecule has 2 rings (SSSR count). The van der Waals surface area contributed by atoms with E-state index in [9.17, 15) is 13.2 Å². The average molecular weight is 312 g/mol.